The van der Waals surface area contributed by atoms with Crippen molar-refractivity contribution in [3.05, 3.63) is 71.8 Å². The summed E-state index contributed by atoms with van der Waals surface area (Å²) in [6.07, 6.45) is 3.59. The van der Waals surface area contributed by atoms with E-state index in [4.69, 9.17) is 0 Å². The minimum atomic E-state index is 0.126. The van der Waals surface area contributed by atoms with Crippen LogP contribution in [0.2, 0.25) is 0 Å². The average molecular weight is 322 g/mol. The Balaban J connectivity index is 1.96. The molecule has 0 saturated heterocycles. The molecule has 2 aromatic rings. The predicted octanol–water partition coefficient (Wildman–Crippen LogP) is 4.34. The molecule has 0 N–H and O–H groups in total. The van der Waals surface area contributed by atoms with Gasteiger partial charge in [0.1, 0.15) is 0 Å². The van der Waals surface area contributed by atoms with Gasteiger partial charge < -0.3 is 4.90 Å². The van der Waals surface area contributed by atoms with Gasteiger partial charge in [-0.05, 0) is 64.5 Å². The summed E-state index contributed by atoms with van der Waals surface area (Å²) in [5.41, 5.74) is 3.06. The molecule has 24 heavy (non-hydrogen) atoms. The Morgan fingerprint density at radius 2 is 1.42 bits per heavy atom. The largest absolute Gasteiger partial charge is 0.306 e. The summed E-state index contributed by atoms with van der Waals surface area (Å²) in [6, 6.07) is 22.7. The van der Waals surface area contributed by atoms with Crippen molar-refractivity contribution in [2.75, 3.05) is 28.2 Å². The van der Waals surface area contributed by atoms with E-state index in [1.165, 1.54) is 24.0 Å². The molecule has 0 aromatic heterocycles. The van der Waals surface area contributed by atoms with E-state index in [9.17, 15) is 0 Å². The predicted molar refractivity (Wildman–Crippen MR) is 102 cm³/mol. The van der Waals surface area contributed by atoms with Crippen LogP contribution in [-0.4, -0.2) is 44.0 Å². The van der Waals surface area contributed by atoms with Crippen molar-refractivity contribution in [1.29, 1.82) is 0 Å². The number of nitrogens with zero attached hydrogens (tertiary/aromatic N) is 2. The van der Waals surface area contributed by atoms with E-state index in [0.717, 1.165) is 6.42 Å². The highest BCUT2D eigenvalue weighted by molar-refractivity contribution is 5.29. The molecule has 3 rings (SSSR count). The van der Waals surface area contributed by atoms with E-state index in [2.05, 4.69) is 98.7 Å². The smallest absolute Gasteiger partial charge is 0.0470 e. The maximum atomic E-state index is 2.44. The lowest BCUT2D eigenvalue weighted by Gasteiger charge is -2.51. The number of hydrogen-bond donors (Lipinski definition) is 0. The fraction of sp³-hybridized carbons (Fsp3) is 0.455. The summed E-state index contributed by atoms with van der Waals surface area (Å²) < 4.78 is 0. The van der Waals surface area contributed by atoms with Crippen LogP contribution in [-0.2, 0) is 5.54 Å². The number of rotatable bonds is 4. The van der Waals surface area contributed by atoms with Crippen LogP contribution in [0, 0.1) is 0 Å². The molecule has 128 valence electrons. The molecule has 0 heterocycles. The first kappa shape index (κ1) is 17.2. The molecule has 0 amide bonds. The molecule has 0 spiro atoms. The molecule has 2 nitrogen and oxygen atoms in total. The third kappa shape index (κ3) is 3.13. The van der Waals surface area contributed by atoms with Gasteiger partial charge in [0.15, 0.2) is 0 Å². The summed E-state index contributed by atoms with van der Waals surface area (Å²) >= 11 is 0. The monoisotopic (exact) mass is 322 g/mol. The van der Waals surface area contributed by atoms with E-state index in [1.54, 1.807) is 0 Å². The Morgan fingerprint density at radius 1 is 0.833 bits per heavy atom. The van der Waals surface area contributed by atoms with Crippen molar-refractivity contribution in [3.8, 4) is 0 Å². The number of hydrogen-bond acceptors (Lipinski definition) is 2. The van der Waals surface area contributed by atoms with Crippen LogP contribution in [0.5, 0.6) is 0 Å². The van der Waals surface area contributed by atoms with Gasteiger partial charge in [0, 0.05) is 11.6 Å². The van der Waals surface area contributed by atoms with Crippen molar-refractivity contribution in [2.24, 2.45) is 0 Å². The quantitative estimate of drug-likeness (QED) is 0.826. The molecule has 1 aliphatic carbocycles. The molecular weight excluding hydrogens is 292 g/mol. The van der Waals surface area contributed by atoms with Crippen molar-refractivity contribution in [3.63, 3.8) is 0 Å². The molecule has 3 atom stereocenters. The maximum Gasteiger partial charge on any atom is 0.0470 e. The van der Waals surface area contributed by atoms with Gasteiger partial charge in [0.05, 0.1) is 0 Å². The molecule has 1 saturated carbocycles. The van der Waals surface area contributed by atoms with E-state index in [1.807, 2.05) is 0 Å². The van der Waals surface area contributed by atoms with Gasteiger partial charge >= 0.3 is 0 Å². The first-order chi connectivity index (χ1) is 11.5. The summed E-state index contributed by atoms with van der Waals surface area (Å²) in [6.45, 7) is 0. The van der Waals surface area contributed by atoms with E-state index < -0.39 is 0 Å². The SMILES string of the molecule is CN(C)[C@@H]1C[C@](c2ccccc2)(N(C)C)CCC1c1ccccc1. The molecule has 0 aliphatic heterocycles. The normalized spacial score (nSPS) is 27.6. The zero-order valence-corrected chi connectivity index (χ0v) is 15.4. The van der Waals surface area contributed by atoms with Gasteiger partial charge in [0.25, 0.3) is 0 Å². The van der Waals surface area contributed by atoms with Crippen molar-refractivity contribution in [1.82, 2.24) is 9.80 Å². The van der Waals surface area contributed by atoms with E-state index >= 15 is 0 Å². The zero-order chi connectivity index (χ0) is 17.2. The Hall–Kier alpha value is -1.64. The van der Waals surface area contributed by atoms with Crippen LogP contribution in [0.4, 0.5) is 0 Å². The van der Waals surface area contributed by atoms with Crippen molar-refractivity contribution in [2.45, 2.75) is 36.8 Å². The highest BCUT2D eigenvalue weighted by Crippen LogP contribution is 2.47. The van der Waals surface area contributed by atoms with Crippen LogP contribution in [0.1, 0.15) is 36.3 Å². The fourth-order valence-electron chi connectivity index (χ4n) is 4.48. The zero-order valence-electron chi connectivity index (χ0n) is 15.4. The van der Waals surface area contributed by atoms with Gasteiger partial charge in [-0.25, -0.2) is 0 Å². The lowest BCUT2D eigenvalue weighted by Crippen LogP contribution is -2.52. The van der Waals surface area contributed by atoms with Crippen LogP contribution < -0.4 is 0 Å². The Kier molecular flexibility index (Phi) is 5.07. The van der Waals surface area contributed by atoms with Crippen LogP contribution >= 0.6 is 0 Å². The highest BCUT2D eigenvalue weighted by atomic mass is 15.2. The summed E-state index contributed by atoms with van der Waals surface area (Å²) in [5.74, 6) is 0.609. The topological polar surface area (TPSA) is 6.48 Å². The Labute approximate surface area is 147 Å². The molecule has 0 bridgehead atoms. The Bertz CT molecular complexity index is 636. The standard InChI is InChI=1S/C22H30N2/c1-23(2)21-17-22(24(3)4,19-13-9-6-10-14-19)16-15-20(21)18-11-7-5-8-12-18/h5-14,20-21H,15-17H2,1-4H3/t20?,21-,22-/m1/s1. The van der Waals surface area contributed by atoms with Gasteiger partial charge in [-0.15, -0.1) is 0 Å². The van der Waals surface area contributed by atoms with Gasteiger partial charge in [-0.2, -0.15) is 0 Å². The first-order valence-corrected chi connectivity index (χ1v) is 8.99. The summed E-state index contributed by atoms with van der Waals surface area (Å²) in [4.78, 5) is 4.87. The number of likely N-dealkylation sites (N-methyl/N-ethyl adjacent to an activating group) is 1. The fourth-order valence-corrected chi connectivity index (χ4v) is 4.48. The highest BCUT2D eigenvalue weighted by Gasteiger charge is 2.44. The summed E-state index contributed by atoms with van der Waals surface area (Å²) in [7, 11) is 8.94. The summed E-state index contributed by atoms with van der Waals surface area (Å²) in [5, 5.41) is 0. The molecule has 2 aromatic carbocycles. The second kappa shape index (κ2) is 7.08. The molecular formula is C22H30N2. The van der Waals surface area contributed by atoms with Crippen molar-refractivity contribution < 1.29 is 0 Å². The molecule has 0 radical (unpaired) electrons. The van der Waals surface area contributed by atoms with Gasteiger partial charge in [0.2, 0.25) is 0 Å². The van der Waals surface area contributed by atoms with E-state index in [-0.39, 0.29) is 5.54 Å². The molecule has 1 aliphatic rings. The second-order valence-electron chi connectivity index (χ2n) is 7.58. The van der Waals surface area contributed by atoms with Crippen LogP contribution in [0.15, 0.2) is 60.7 Å². The van der Waals surface area contributed by atoms with Crippen LogP contribution in [0.3, 0.4) is 0 Å². The third-order valence-corrected chi connectivity index (χ3v) is 5.94. The lowest BCUT2D eigenvalue weighted by molar-refractivity contribution is 0.0404. The molecule has 2 heteroatoms. The molecule has 1 unspecified atom stereocenters. The average Bonchev–Trinajstić information content (AvgIpc) is 2.62. The lowest BCUT2D eigenvalue weighted by atomic mass is 9.67. The van der Waals surface area contributed by atoms with E-state index in [0.29, 0.717) is 12.0 Å². The third-order valence-electron chi connectivity index (χ3n) is 5.94. The first-order valence-electron chi connectivity index (χ1n) is 8.99. The minimum Gasteiger partial charge on any atom is -0.306 e. The number of benzene rings is 2. The minimum absolute atomic E-state index is 0.126. The second-order valence-corrected chi connectivity index (χ2v) is 7.58. The van der Waals surface area contributed by atoms with Gasteiger partial charge in [-0.3, -0.25) is 4.90 Å². The van der Waals surface area contributed by atoms with Crippen LogP contribution in [0.25, 0.3) is 0 Å². The van der Waals surface area contributed by atoms with Crippen molar-refractivity contribution >= 4 is 0 Å². The molecule has 1 fully saturated rings. The maximum absolute atomic E-state index is 2.44. The Morgan fingerprint density at radius 3 is 1.96 bits per heavy atom. The van der Waals surface area contributed by atoms with Gasteiger partial charge in [-0.1, -0.05) is 60.7 Å².